The molecule has 1 saturated heterocycles. The van der Waals surface area contributed by atoms with E-state index in [0.717, 1.165) is 49.9 Å². The van der Waals surface area contributed by atoms with Crippen LogP contribution < -0.4 is 15.5 Å². The lowest BCUT2D eigenvalue weighted by Crippen LogP contribution is -2.32. The van der Waals surface area contributed by atoms with Crippen LogP contribution in [-0.2, 0) is 4.79 Å². The molecule has 9 heteroatoms. The van der Waals surface area contributed by atoms with E-state index in [9.17, 15) is 9.59 Å². The van der Waals surface area contributed by atoms with E-state index in [2.05, 4.69) is 30.3 Å². The fraction of sp³-hybridized carbons (Fsp3) is 0.545. The molecule has 8 nitrogen and oxygen atoms in total. The van der Waals surface area contributed by atoms with Crippen molar-refractivity contribution >= 4 is 35.2 Å². The van der Waals surface area contributed by atoms with Gasteiger partial charge in [0.2, 0.25) is 11.9 Å². The SMILES string of the molecule is O=C(CSc1nnc(N2CCCCC2)n1C1CC1)Nc1ccccc1C(=O)NC1CC1. The minimum atomic E-state index is -0.151. The number of nitrogens with zero attached hydrogens (tertiary/aromatic N) is 4. The Balaban J connectivity index is 1.23. The van der Waals surface area contributed by atoms with Crippen LogP contribution in [0.1, 0.15) is 61.3 Å². The van der Waals surface area contributed by atoms with Crippen molar-refractivity contribution in [3.05, 3.63) is 29.8 Å². The van der Waals surface area contributed by atoms with E-state index in [4.69, 9.17) is 0 Å². The van der Waals surface area contributed by atoms with Gasteiger partial charge in [-0.2, -0.15) is 0 Å². The van der Waals surface area contributed by atoms with Gasteiger partial charge in [-0.15, -0.1) is 10.2 Å². The third kappa shape index (κ3) is 4.87. The van der Waals surface area contributed by atoms with Gasteiger partial charge >= 0.3 is 0 Å². The van der Waals surface area contributed by atoms with Crippen molar-refractivity contribution < 1.29 is 9.59 Å². The van der Waals surface area contributed by atoms with Crippen molar-refractivity contribution in [1.29, 1.82) is 0 Å². The highest BCUT2D eigenvalue weighted by atomic mass is 32.2. The lowest BCUT2D eigenvalue weighted by Gasteiger charge is -2.27. The molecule has 31 heavy (non-hydrogen) atoms. The summed E-state index contributed by atoms with van der Waals surface area (Å²) >= 11 is 1.41. The Bertz CT molecular complexity index is 963. The molecule has 0 bridgehead atoms. The molecule has 0 radical (unpaired) electrons. The van der Waals surface area contributed by atoms with Crippen LogP contribution in [0.4, 0.5) is 11.6 Å². The summed E-state index contributed by atoms with van der Waals surface area (Å²) in [5.41, 5.74) is 1.05. The van der Waals surface area contributed by atoms with Gasteiger partial charge in [-0.3, -0.25) is 14.2 Å². The Labute approximate surface area is 186 Å². The number of hydrogen-bond acceptors (Lipinski definition) is 6. The summed E-state index contributed by atoms with van der Waals surface area (Å²) in [5.74, 6) is 0.892. The predicted molar refractivity (Wildman–Crippen MR) is 121 cm³/mol. The number of benzene rings is 1. The van der Waals surface area contributed by atoms with E-state index in [1.807, 2.05) is 12.1 Å². The number of para-hydroxylation sites is 1. The molecule has 2 heterocycles. The summed E-state index contributed by atoms with van der Waals surface area (Å²) in [6.45, 7) is 2.05. The topological polar surface area (TPSA) is 92.2 Å². The lowest BCUT2D eigenvalue weighted by molar-refractivity contribution is -0.113. The third-order valence-corrected chi connectivity index (χ3v) is 6.83. The summed E-state index contributed by atoms with van der Waals surface area (Å²) in [6.07, 6.45) is 7.99. The normalized spacial score (nSPS) is 18.6. The number of nitrogens with one attached hydrogen (secondary N) is 2. The van der Waals surface area contributed by atoms with Crippen LogP contribution in [0.25, 0.3) is 0 Å². The lowest BCUT2D eigenvalue weighted by atomic mass is 10.1. The molecule has 3 fully saturated rings. The second-order valence-corrected chi connectivity index (χ2v) is 9.50. The molecule has 0 unspecified atom stereocenters. The van der Waals surface area contributed by atoms with Crippen LogP contribution in [0.5, 0.6) is 0 Å². The molecule has 5 rings (SSSR count). The van der Waals surface area contributed by atoms with E-state index in [1.54, 1.807) is 12.1 Å². The molecule has 0 spiro atoms. The first-order chi connectivity index (χ1) is 15.2. The molecule has 2 saturated carbocycles. The molecule has 3 aliphatic rings. The number of carbonyl (C=O) groups excluding carboxylic acids is 2. The van der Waals surface area contributed by atoms with E-state index >= 15 is 0 Å². The van der Waals surface area contributed by atoms with Crippen molar-refractivity contribution in [3.8, 4) is 0 Å². The molecular weight excluding hydrogens is 412 g/mol. The van der Waals surface area contributed by atoms with Gasteiger partial charge in [-0.25, -0.2) is 0 Å². The zero-order valence-electron chi connectivity index (χ0n) is 17.5. The molecule has 1 aromatic carbocycles. The first-order valence-corrected chi connectivity index (χ1v) is 12.2. The number of piperidine rings is 1. The fourth-order valence-corrected chi connectivity index (χ4v) is 4.73. The summed E-state index contributed by atoms with van der Waals surface area (Å²) in [5, 5.41) is 15.6. The average Bonchev–Trinajstić information content (AvgIpc) is 3.73. The first-order valence-electron chi connectivity index (χ1n) is 11.2. The standard InChI is InChI=1S/C22H28N6O2S/c29-19(24-18-7-3-2-6-17(18)20(30)23-15-8-9-15)14-31-22-26-25-21(28(22)16-10-11-16)27-12-4-1-5-13-27/h2-3,6-7,15-16H,1,4-5,8-14H2,(H,23,30)(H,24,29). The number of anilines is 2. The van der Waals surface area contributed by atoms with Crippen LogP contribution in [0.3, 0.4) is 0 Å². The average molecular weight is 441 g/mol. The van der Waals surface area contributed by atoms with Gasteiger partial charge < -0.3 is 15.5 Å². The van der Waals surface area contributed by atoms with Gasteiger partial charge in [0.05, 0.1) is 17.0 Å². The zero-order valence-corrected chi connectivity index (χ0v) is 18.4. The molecule has 0 atom stereocenters. The second-order valence-electron chi connectivity index (χ2n) is 8.56. The van der Waals surface area contributed by atoms with Gasteiger partial charge in [0.15, 0.2) is 5.16 Å². The number of hydrogen-bond donors (Lipinski definition) is 2. The van der Waals surface area contributed by atoms with E-state index in [1.165, 1.54) is 31.0 Å². The maximum atomic E-state index is 12.7. The Morgan fingerprint density at radius 2 is 1.81 bits per heavy atom. The van der Waals surface area contributed by atoms with Crippen LogP contribution in [-0.4, -0.2) is 51.5 Å². The van der Waals surface area contributed by atoms with Crippen LogP contribution >= 0.6 is 11.8 Å². The van der Waals surface area contributed by atoms with E-state index < -0.39 is 0 Å². The number of carbonyl (C=O) groups is 2. The molecule has 1 aromatic heterocycles. The quantitative estimate of drug-likeness (QED) is 0.613. The van der Waals surface area contributed by atoms with Crippen LogP contribution in [0.15, 0.2) is 29.4 Å². The molecule has 1 aliphatic heterocycles. The first kappa shape index (κ1) is 20.4. The van der Waals surface area contributed by atoms with Crippen molar-refractivity contribution in [2.24, 2.45) is 0 Å². The van der Waals surface area contributed by atoms with Gasteiger partial charge in [-0.05, 0) is 57.1 Å². The number of thioether (sulfide) groups is 1. The molecule has 2 amide bonds. The summed E-state index contributed by atoms with van der Waals surface area (Å²) in [4.78, 5) is 27.5. The monoisotopic (exact) mass is 440 g/mol. The summed E-state index contributed by atoms with van der Waals surface area (Å²) < 4.78 is 2.22. The smallest absolute Gasteiger partial charge is 0.253 e. The number of rotatable bonds is 8. The fourth-order valence-electron chi connectivity index (χ4n) is 3.93. The highest BCUT2D eigenvalue weighted by molar-refractivity contribution is 7.99. The van der Waals surface area contributed by atoms with E-state index in [0.29, 0.717) is 17.3 Å². The third-order valence-electron chi connectivity index (χ3n) is 5.89. The van der Waals surface area contributed by atoms with Crippen molar-refractivity contribution in [2.75, 3.05) is 29.1 Å². The maximum Gasteiger partial charge on any atom is 0.253 e. The second kappa shape index (κ2) is 8.90. The maximum absolute atomic E-state index is 12.7. The van der Waals surface area contributed by atoms with Crippen molar-refractivity contribution in [2.45, 2.75) is 62.2 Å². The molecule has 2 aliphatic carbocycles. The molecule has 164 valence electrons. The van der Waals surface area contributed by atoms with E-state index in [-0.39, 0.29) is 23.6 Å². The number of aromatic nitrogens is 3. The van der Waals surface area contributed by atoms with Gasteiger partial charge in [0, 0.05) is 25.2 Å². The Hall–Kier alpha value is -2.55. The minimum absolute atomic E-state index is 0.134. The van der Waals surface area contributed by atoms with Gasteiger partial charge in [-0.1, -0.05) is 23.9 Å². The molecule has 2 aromatic rings. The molecular formula is C22H28N6O2S. The van der Waals surface area contributed by atoms with Gasteiger partial charge in [0.25, 0.3) is 5.91 Å². The van der Waals surface area contributed by atoms with Crippen LogP contribution in [0, 0.1) is 0 Å². The minimum Gasteiger partial charge on any atom is -0.349 e. The highest BCUT2D eigenvalue weighted by Crippen LogP contribution is 2.41. The Morgan fingerprint density at radius 1 is 1.03 bits per heavy atom. The predicted octanol–water partition coefficient (Wildman–Crippen LogP) is 3.23. The largest absolute Gasteiger partial charge is 0.349 e. The van der Waals surface area contributed by atoms with Crippen molar-refractivity contribution in [1.82, 2.24) is 20.1 Å². The summed E-state index contributed by atoms with van der Waals surface area (Å²) in [6, 6.07) is 7.87. The highest BCUT2D eigenvalue weighted by Gasteiger charge is 2.32. The van der Waals surface area contributed by atoms with Crippen LogP contribution in [0.2, 0.25) is 0 Å². The number of amides is 2. The Kier molecular flexibility index (Phi) is 5.85. The Morgan fingerprint density at radius 3 is 2.55 bits per heavy atom. The zero-order chi connectivity index (χ0) is 21.2. The molecule has 2 N–H and O–H groups in total. The van der Waals surface area contributed by atoms with Gasteiger partial charge in [0.1, 0.15) is 0 Å². The summed E-state index contributed by atoms with van der Waals surface area (Å²) in [7, 11) is 0. The van der Waals surface area contributed by atoms with Crippen molar-refractivity contribution in [3.63, 3.8) is 0 Å².